The van der Waals surface area contributed by atoms with Crippen LogP contribution in [-0.2, 0) is 9.59 Å². The van der Waals surface area contributed by atoms with Gasteiger partial charge in [0.25, 0.3) is 5.91 Å². The summed E-state index contributed by atoms with van der Waals surface area (Å²) in [6.45, 7) is -0.235. The molecule has 0 spiro atoms. The van der Waals surface area contributed by atoms with Crippen LogP contribution in [0.25, 0.3) is 6.08 Å². The van der Waals surface area contributed by atoms with Gasteiger partial charge in [0.1, 0.15) is 6.29 Å². The van der Waals surface area contributed by atoms with Crippen LogP contribution in [0, 0.1) is 0 Å². The fourth-order valence-electron chi connectivity index (χ4n) is 1.89. The average Bonchev–Trinajstić information content (AvgIpc) is 3.11. The van der Waals surface area contributed by atoms with Gasteiger partial charge in [0, 0.05) is 25.5 Å². The summed E-state index contributed by atoms with van der Waals surface area (Å²) in [5.74, 6) is -0.912. The summed E-state index contributed by atoms with van der Waals surface area (Å²) in [6.07, 6.45) is 6.42. The van der Waals surface area contributed by atoms with Crippen molar-refractivity contribution in [3.63, 3.8) is 0 Å². The first-order valence-corrected chi connectivity index (χ1v) is 6.89. The summed E-state index contributed by atoms with van der Waals surface area (Å²) >= 11 is 0. The summed E-state index contributed by atoms with van der Waals surface area (Å²) in [5.41, 5.74) is 0.840. The fraction of sp³-hybridized carbons (Fsp3) is 0.125. The third kappa shape index (κ3) is 4.13. The minimum atomic E-state index is -0.515. The van der Waals surface area contributed by atoms with E-state index in [0.29, 0.717) is 6.29 Å². The Hall–Kier alpha value is -3.22. The van der Waals surface area contributed by atoms with Crippen LogP contribution in [-0.4, -0.2) is 51.7 Å². The molecule has 118 valence electrons. The second kappa shape index (κ2) is 7.69. The standard InChI is InChI=1S/C16H16N4O3/c1-19(16(23)15-17-9-10-18-15)20(11-12-21)14(22)8-7-13-5-3-2-4-6-13/h2-10,12H,11H2,1H3,(H,17,18). The van der Waals surface area contributed by atoms with Crippen molar-refractivity contribution in [1.82, 2.24) is 20.0 Å². The molecule has 0 fully saturated rings. The molecule has 1 aromatic carbocycles. The van der Waals surface area contributed by atoms with E-state index < -0.39 is 11.8 Å². The number of H-pyrrole nitrogens is 1. The number of nitrogens with zero attached hydrogens (tertiary/aromatic N) is 3. The lowest BCUT2D eigenvalue weighted by Gasteiger charge is -2.28. The first-order valence-electron chi connectivity index (χ1n) is 6.89. The number of hydrazine groups is 1. The molecule has 0 saturated heterocycles. The zero-order chi connectivity index (χ0) is 16.7. The Kier molecular flexibility index (Phi) is 5.40. The highest BCUT2D eigenvalue weighted by Crippen LogP contribution is 2.05. The van der Waals surface area contributed by atoms with Crippen molar-refractivity contribution in [2.75, 3.05) is 13.6 Å². The molecule has 0 unspecified atom stereocenters. The third-order valence-corrected chi connectivity index (χ3v) is 3.08. The van der Waals surface area contributed by atoms with Crippen LogP contribution >= 0.6 is 0 Å². The number of aromatic nitrogens is 2. The summed E-state index contributed by atoms with van der Waals surface area (Å²) in [6, 6.07) is 9.24. The molecule has 7 nitrogen and oxygen atoms in total. The predicted molar refractivity (Wildman–Crippen MR) is 83.9 cm³/mol. The molecule has 0 aliphatic carbocycles. The molecule has 23 heavy (non-hydrogen) atoms. The average molecular weight is 312 g/mol. The molecule has 1 N–H and O–H groups in total. The number of aldehydes is 1. The Labute approximate surface area is 133 Å². The number of carbonyl (C=O) groups excluding carboxylic acids is 3. The molecule has 2 rings (SSSR count). The number of aromatic amines is 1. The van der Waals surface area contributed by atoms with Crippen LogP contribution in [0.15, 0.2) is 48.8 Å². The first-order chi connectivity index (χ1) is 11.1. The lowest BCUT2D eigenvalue weighted by Crippen LogP contribution is -2.48. The number of hydrogen-bond donors (Lipinski definition) is 1. The van der Waals surface area contributed by atoms with E-state index in [1.165, 1.54) is 25.5 Å². The summed E-state index contributed by atoms with van der Waals surface area (Å²) in [5, 5.41) is 2.10. The Morgan fingerprint density at radius 2 is 2.00 bits per heavy atom. The van der Waals surface area contributed by atoms with E-state index >= 15 is 0 Å². The van der Waals surface area contributed by atoms with Gasteiger partial charge >= 0.3 is 5.91 Å². The van der Waals surface area contributed by atoms with Gasteiger partial charge in [0.05, 0.1) is 6.54 Å². The van der Waals surface area contributed by atoms with E-state index in [0.717, 1.165) is 15.6 Å². The van der Waals surface area contributed by atoms with Crippen LogP contribution in [0.5, 0.6) is 0 Å². The highest BCUT2D eigenvalue weighted by molar-refractivity contribution is 5.96. The Bertz CT molecular complexity index is 695. The molecule has 0 aliphatic rings. The summed E-state index contributed by atoms with van der Waals surface area (Å²) in [4.78, 5) is 41.8. The monoisotopic (exact) mass is 312 g/mol. The second-order valence-electron chi connectivity index (χ2n) is 4.60. The molecular weight excluding hydrogens is 296 g/mol. The van der Waals surface area contributed by atoms with Crippen molar-refractivity contribution >= 4 is 24.2 Å². The van der Waals surface area contributed by atoms with Crippen LogP contribution in [0.3, 0.4) is 0 Å². The Morgan fingerprint density at radius 1 is 1.26 bits per heavy atom. The van der Waals surface area contributed by atoms with Gasteiger partial charge < -0.3 is 9.78 Å². The molecule has 0 aliphatic heterocycles. The Morgan fingerprint density at radius 3 is 2.61 bits per heavy atom. The van der Waals surface area contributed by atoms with E-state index in [-0.39, 0.29) is 12.4 Å². The van der Waals surface area contributed by atoms with Crippen molar-refractivity contribution in [2.24, 2.45) is 0 Å². The Balaban J connectivity index is 2.13. The minimum absolute atomic E-state index is 0.0863. The zero-order valence-corrected chi connectivity index (χ0v) is 12.5. The number of hydrogen-bond acceptors (Lipinski definition) is 4. The van der Waals surface area contributed by atoms with Crippen LogP contribution in [0.1, 0.15) is 16.2 Å². The molecule has 2 aromatic rings. The lowest BCUT2D eigenvalue weighted by atomic mass is 10.2. The molecule has 2 amide bonds. The van der Waals surface area contributed by atoms with Crippen LogP contribution in [0.2, 0.25) is 0 Å². The largest absolute Gasteiger partial charge is 0.340 e. The maximum atomic E-state index is 12.3. The predicted octanol–water partition coefficient (Wildman–Crippen LogP) is 1.14. The molecule has 1 aromatic heterocycles. The van der Waals surface area contributed by atoms with Crippen LogP contribution in [0.4, 0.5) is 0 Å². The highest BCUT2D eigenvalue weighted by atomic mass is 16.2. The number of imidazole rings is 1. The van der Waals surface area contributed by atoms with Crippen molar-refractivity contribution in [1.29, 1.82) is 0 Å². The number of carbonyl (C=O) groups is 3. The van der Waals surface area contributed by atoms with Gasteiger partial charge in [-0.2, -0.15) is 0 Å². The summed E-state index contributed by atoms with van der Waals surface area (Å²) < 4.78 is 0. The lowest BCUT2D eigenvalue weighted by molar-refractivity contribution is -0.139. The quantitative estimate of drug-likeness (QED) is 0.509. The van der Waals surface area contributed by atoms with Crippen molar-refractivity contribution < 1.29 is 14.4 Å². The van der Waals surface area contributed by atoms with Gasteiger partial charge in [-0.3, -0.25) is 9.59 Å². The second-order valence-corrected chi connectivity index (χ2v) is 4.60. The highest BCUT2D eigenvalue weighted by Gasteiger charge is 2.23. The zero-order valence-electron chi connectivity index (χ0n) is 12.5. The summed E-state index contributed by atoms with van der Waals surface area (Å²) in [7, 11) is 1.41. The first kappa shape index (κ1) is 16.2. The number of amides is 2. The van der Waals surface area contributed by atoms with Gasteiger partial charge in [-0.15, -0.1) is 0 Å². The molecule has 0 saturated carbocycles. The van der Waals surface area contributed by atoms with Gasteiger partial charge in [0.2, 0.25) is 0 Å². The van der Waals surface area contributed by atoms with Gasteiger partial charge in [-0.05, 0) is 11.6 Å². The van der Waals surface area contributed by atoms with Crippen LogP contribution < -0.4 is 0 Å². The van der Waals surface area contributed by atoms with E-state index in [4.69, 9.17) is 0 Å². The molecule has 7 heteroatoms. The molecule has 0 bridgehead atoms. The molecule has 0 radical (unpaired) electrons. The number of rotatable bonds is 5. The van der Waals surface area contributed by atoms with E-state index in [2.05, 4.69) is 9.97 Å². The number of benzene rings is 1. The van der Waals surface area contributed by atoms with Crippen molar-refractivity contribution in [3.8, 4) is 0 Å². The minimum Gasteiger partial charge on any atom is -0.340 e. The van der Waals surface area contributed by atoms with Gasteiger partial charge in [-0.25, -0.2) is 15.0 Å². The SMILES string of the molecule is CN(C(=O)c1ncc[nH]1)N(CC=O)C(=O)C=Cc1ccccc1. The molecule has 0 atom stereocenters. The fourth-order valence-corrected chi connectivity index (χ4v) is 1.89. The van der Waals surface area contributed by atoms with E-state index in [9.17, 15) is 14.4 Å². The molecular formula is C16H16N4O3. The molecule has 1 heterocycles. The normalized spacial score (nSPS) is 10.5. The topological polar surface area (TPSA) is 86.4 Å². The van der Waals surface area contributed by atoms with Gasteiger partial charge in [-0.1, -0.05) is 30.3 Å². The van der Waals surface area contributed by atoms with E-state index in [1.54, 1.807) is 6.08 Å². The smallest absolute Gasteiger partial charge is 0.307 e. The van der Waals surface area contributed by atoms with E-state index in [1.807, 2.05) is 30.3 Å². The van der Waals surface area contributed by atoms with Gasteiger partial charge in [0.15, 0.2) is 5.82 Å². The number of nitrogens with one attached hydrogen (secondary N) is 1. The maximum absolute atomic E-state index is 12.3. The van der Waals surface area contributed by atoms with Crippen molar-refractivity contribution in [3.05, 3.63) is 60.2 Å². The maximum Gasteiger partial charge on any atom is 0.307 e. The third-order valence-electron chi connectivity index (χ3n) is 3.08. The van der Waals surface area contributed by atoms with Crippen molar-refractivity contribution in [2.45, 2.75) is 0 Å².